The van der Waals surface area contributed by atoms with Crippen molar-refractivity contribution in [2.45, 2.75) is 0 Å². The first kappa shape index (κ1) is 12.0. The van der Waals surface area contributed by atoms with Crippen LogP contribution in [0.2, 0.25) is 10.0 Å². The van der Waals surface area contributed by atoms with Gasteiger partial charge in [-0.15, -0.1) is 0 Å². The number of nitrogens with one attached hydrogen (secondary N) is 1. The van der Waals surface area contributed by atoms with Crippen LogP contribution in [0.3, 0.4) is 0 Å². The van der Waals surface area contributed by atoms with E-state index in [1.807, 2.05) is 0 Å². The van der Waals surface area contributed by atoms with Gasteiger partial charge in [0.1, 0.15) is 5.70 Å². The van der Waals surface area contributed by atoms with Crippen LogP contribution in [-0.4, -0.2) is 23.9 Å². The van der Waals surface area contributed by atoms with Crippen LogP contribution in [0.25, 0.3) is 6.08 Å². The molecule has 1 fully saturated rings. The Hall–Kier alpha value is -1.52. The van der Waals surface area contributed by atoms with Gasteiger partial charge in [-0.2, -0.15) is 0 Å². The summed E-state index contributed by atoms with van der Waals surface area (Å²) in [6.45, 7) is 0. The Morgan fingerprint density at radius 1 is 1.24 bits per heavy atom. The number of likely N-dealkylation sites (N-methyl/N-ethyl adjacent to an activating group) is 1. The number of nitrogens with zero attached hydrogens (tertiary/aromatic N) is 1. The Balaban J connectivity index is 2.44. The van der Waals surface area contributed by atoms with E-state index < -0.39 is 11.9 Å². The van der Waals surface area contributed by atoms with Crippen LogP contribution >= 0.6 is 23.2 Å². The summed E-state index contributed by atoms with van der Waals surface area (Å²) in [6.07, 6.45) is 1.47. The zero-order valence-electron chi connectivity index (χ0n) is 8.83. The van der Waals surface area contributed by atoms with Crippen molar-refractivity contribution < 1.29 is 9.59 Å². The van der Waals surface area contributed by atoms with Crippen molar-refractivity contribution in [2.75, 3.05) is 7.05 Å². The Bertz CT molecular complexity index is 520. The lowest BCUT2D eigenvalue weighted by Gasteiger charge is -2.02. The van der Waals surface area contributed by atoms with E-state index in [2.05, 4.69) is 5.32 Å². The van der Waals surface area contributed by atoms with Gasteiger partial charge in [-0.3, -0.25) is 9.69 Å². The van der Waals surface area contributed by atoms with Crippen molar-refractivity contribution in [1.82, 2.24) is 10.2 Å². The normalized spacial score (nSPS) is 17.8. The minimum Gasteiger partial charge on any atom is -0.303 e. The molecule has 0 atom stereocenters. The van der Waals surface area contributed by atoms with E-state index in [0.717, 1.165) is 4.90 Å². The van der Waals surface area contributed by atoms with Crippen molar-refractivity contribution in [2.24, 2.45) is 0 Å². The van der Waals surface area contributed by atoms with Gasteiger partial charge < -0.3 is 5.32 Å². The van der Waals surface area contributed by atoms with Gasteiger partial charge in [0.25, 0.3) is 5.91 Å². The average Bonchev–Trinajstić information content (AvgIpc) is 2.52. The highest BCUT2D eigenvalue weighted by molar-refractivity contribution is 6.37. The van der Waals surface area contributed by atoms with E-state index in [1.165, 1.54) is 13.1 Å². The number of urea groups is 1. The average molecular weight is 271 g/mol. The number of hydrogen-bond donors (Lipinski definition) is 1. The maximum absolute atomic E-state index is 11.6. The van der Waals surface area contributed by atoms with Crippen molar-refractivity contribution in [3.8, 4) is 0 Å². The van der Waals surface area contributed by atoms with Gasteiger partial charge in [0.2, 0.25) is 0 Å². The second-order valence-electron chi connectivity index (χ2n) is 3.49. The monoisotopic (exact) mass is 270 g/mol. The van der Waals surface area contributed by atoms with Gasteiger partial charge in [0.15, 0.2) is 0 Å². The maximum Gasteiger partial charge on any atom is 0.328 e. The molecule has 1 aromatic rings. The van der Waals surface area contributed by atoms with Gasteiger partial charge in [-0.05, 0) is 18.2 Å². The number of halogens is 2. The fraction of sp³-hybridized carbons (Fsp3) is 0.0909. The predicted molar refractivity (Wildman–Crippen MR) is 65.7 cm³/mol. The van der Waals surface area contributed by atoms with Gasteiger partial charge in [0, 0.05) is 22.7 Å². The summed E-state index contributed by atoms with van der Waals surface area (Å²) in [4.78, 5) is 23.9. The molecule has 1 aliphatic heterocycles. The quantitative estimate of drug-likeness (QED) is 0.630. The number of carbonyl (C=O) groups excluding carboxylic acids is 2. The third-order valence-electron chi connectivity index (χ3n) is 2.37. The molecule has 0 bridgehead atoms. The van der Waals surface area contributed by atoms with Crippen LogP contribution in [0, 0.1) is 0 Å². The Kier molecular flexibility index (Phi) is 3.09. The second kappa shape index (κ2) is 4.39. The number of imide groups is 1. The number of benzene rings is 1. The van der Waals surface area contributed by atoms with Crippen LogP contribution in [-0.2, 0) is 4.79 Å². The fourth-order valence-electron chi connectivity index (χ4n) is 1.42. The summed E-state index contributed by atoms with van der Waals surface area (Å²) in [5, 5.41) is 3.27. The molecule has 0 unspecified atom stereocenters. The molecule has 4 nitrogen and oxygen atoms in total. The summed E-state index contributed by atoms with van der Waals surface area (Å²) in [5.41, 5.74) is 0.669. The molecule has 0 spiro atoms. The third kappa shape index (κ3) is 2.14. The van der Waals surface area contributed by atoms with Crippen molar-refractivity contribution in [3.05, 3.63) is 39.5 Å². The fourth-order valence-corrected chi connectivity index (χ4v) is 1.92. The lowest BCUT2D eigenvalue weighted by molar-refractivity contribution is -0.121. The standard InChI is InChI=1S/C11H8Cl2N2O2/c1-15-10(16)9(14-11(15)17)5-6-7(12)3-2-4-8(6)13/h2-5H,1H3,(H,14,17). The van der Waals surface area contributed by atoms with Gasteiger partial charge in [-0.1, -0.05) is 29.3 Å². The van der Waals surface area contributed by atoms with Gasteiger partial charge >= 0.3 is 6.03 Å². The van der Waals surface area contributed by atoms with E-state index in [-0.39, 0.29) is 5.70 Å². The van der Waals surface area contributed by atoms with Gasteiger partial charge in [-0.25, -0.2) is 4.79 Å². The molecule has 1 aliphatic rings. The van der Waals surface area contributed by atoms with Crippen molar-refractivity contribution >= 4 is 41.2 Å². The zero-order valence-corrected chi connectivity index (χ0v) is 10.3. The molecule has 2 rings (SSSR count). The van der Waals surface area contributed by atoms with E-state index in [1.54, 1.807) is 18.2 Å². The number of hydrogen-bond acceptors (Lipinski definition) is 2. The summed E-state index contributed by atoms with van der Waals surface area (Å²) < 4.78 is 0. The molecule has 1 saturated heterocycles. The molecule has 3 amide bonds. The van der Waals surface area contributed by atoms with Crippen molar-refractivity contribution in [3.63, 3.8) is 0 Å². The number of amides is 3. The van der Waals surface area contributed by atoms with Crippen LogP contribution in [0.1, 0.15) is 5.56 Å². The highest BCUT2D eigenvalue weighted by Crippen LogP contribution is 2.27. The van der Waals surface area contributed by atoms with E-state index in [4.69, 9.17) is 23.2 Å². The molecule has 88 valence electrons. The molecule has 0 aliphatic carbocycles. The molecule has 0 radical (unpaired) electrons. The highest BCUT2D eigenvalue weighted by Gasteiger charge is 2.30. The second-order valence-corrected chi connectivity index (χ2v) is 4.30. The Morgan fingerprint density at radius 2 is 1.82 bits per heavy atom. The van der Waals surface area contributed by atoms with Crippen molar-refractivity contribution in [1.29, 1.82) is 0 Å². The summed E-state index contributed by atoms with van der Waals surface area (Å²) in [7, 11) is 1.40. The number of carbonyl (C=O) groups is 2. The molecule has 0 aromatic heterocycles. The van der Waals surface area contributed by atoms with E-state index >= 15 is 0 Å². The molecule has 6 heteroatoms. The first-order chi connectivity index (χ1) is 8.00. The minimum atomic E-state index is -0.468. The molecular weight excluding hydrogens is 263 g/mol. The first-order valence-corrected chi connectivity index (χ1v) is 5.51. The summed E-state index contributed by atoms with van der Waals surface area (Å²) in [6, 6.07) is 4.55. The van der Waals surface area contributed by atoms with E-state index in [0.29, 0.717) is 15.6 Å². The molecule has 1 heterocycles. The topological polar surface area (TPSA) is 49.4 Å². The maximum atomic E-state index is 11.6. The van der Waals surface area contributed by atoms with Crippen LogP contribution in [0.4, 0.5) is 4.79 Å². The minimum absolute atomic E-state index is 0.160. The molecular formula is C11H8Cl2N2O2. The van der Waals surface area contributed by atoms with Crippen LogP contribution in [0.15, 0.2) is 23.9 Å². The Labute approximate surface area is 108 Å². The van der Waals surface area contributed by atoms with Crippen LogP contribution in [0.5, 0.6) is 0 Å². The van der Waals surface area contributed by atoms with Crippen LogP contribution < -0.4 is 5.32 Å². The molecule has 0 saturated carbocycles. The first-order valence-electron chi connectivity index (χ1n) is 4.75. The lowest BCUT2D eigenvalue weighted by atomic mass is 10.2. The Morgan fingerprint density at radius 3 is 2.29 bits per heavy atom. The third-order valence-corrected chi connectivity index (χ3v) is 3.03. The zero-order chi connectivity index (χ0) is 12.6. The van der Waals surface area contributed by atoms with Gasteiger partial charge in [0.05, 0.1) is 0 Å². The molecule has 17 heavy (non-hydrogen) atoms. The number of rotatable bonds is 1. The summed E-state index contributed by atoms with van der Waals surface area (Å²) in [5.74, 6) is -0.411. The molecule has 1 aromatic carbocycles. The SMILES string of the molecule is CN1C(=O)NC(=Cc2c(Cl)cccc2Cl)C1=O. The molecule has 1 N–H and O–H groups in total. The predicted octanol–water partition coefficient (Wildman–Crippen LogP) is 2.52. The smallest absolute Gasteiger partial charge is 0.303 e. The summed E-state index contributed by atoms with van der Waals surface area (Å²) >= 11 is 11.9. The largest absolute Gasteiger partial charge is 0.328 e. The lowest BCUT2D eigenvalue weighted by Crippen LogP contribution is -2.25. The highest BCUT2D eigenvalue weighted by atomic mass is 35.5. The van der Waals surface area contributed by atoms with E-state index in [9.17, 15) is 9.59 Å².